The van der Waals surface area contributed by atoms with Crippen molar-refractivity contribution in [1.82, 2.24) is 10.3 Å². The molecule has 6 heteroatoms. The van der Waals surface area contributed by atoms with Crippen LogP contribution in [-0.2, 0) is 11.2 Å². The Morgan fingerprint density at radius 3 is 3.00 bits per heavy atom. The minimum absolute atomic E-state index is 0.0737. The summed E-state index contributed by atoms with van der Waals surface area (Å²) in [6, 6.07) is 10.0. The molecule has 1 aliphatic rings. The Labute approximate surface area is 139 Å². The highest BCUT2D eigenvalue weighted by Gasteiger charge is 2.24. The summed E-state index contributed by atoms with van der Waals surface area (Å²) >= 11 is 0. The lowest BCUT2D eigenvalue weighted by Crippen LogP contribution is -2.37. The normalized spacial score (nSPS) is 15.5. The lowest BCUT2D eigenvalue weighted by Gasteiger charge is -2.20. The first-order chi connectivity index (χ1) is 11.6. The summed E-state index contributed by atoms with van der Waals surface area (Å²) in [5, 5.41) is 11.8. The molecular weight excluding hydrogens is 307 g/mol. The molecular formula is C18H17FN4O. The van der Waals surface area contributed by atoms with E-state index in [-0.39, 0.29) is 24.3 Å². The number of aryl methyl sites for hydroxylation is 1. The van der Waals surface area contributed by atoms with Gasteiger partial charge in [-0.1, -0.05) is 6.07 Å². The Hall–Kier alpha value is -2.94. The number of pyridine rings is 1. The zero-order chi connectivity index (χ0) is 17.1. The molecule has 24 heavy (non-hydrogen) atoms. The number of likely N-dealkylation sites (N-methyl/N-ethyl adjacent to an activating group) is 1. The average Bonchev–Trinajstić information content (AvgIpc) is 2.96. The van der Waals surface area contributed by atoms with E-state index in [1.54, 1.807) is 30.1 Å². The van der Waals surface area contributed by atoms with Crippen molar-refractivity contribution in [3.8, 4) is 6.07 Å². The number of halogens is 1. The molecule has 3 rings (SSSR count). The van der Waals surface area contributed by atoms with Crippen molar-refractivity contribution < 1.29 is 9.18 Å². The van der Waals surface area contributed by atoms with Gasteiger partial charge in [-0.15, -0.1) is 0 Å². The highest BCUT2D eigenvalue weighted by atomic mass is 19.1. The van der Waals surface area contributed by atoms with Crippen molar-refractivity contribution in [2.24, 2.45) is 0 Å². The number of fused-ring (bicyclic) bond motifs is 1. The Morgan fingerprint density at radius 2 is 2.29 bits per heavy atom. The molecule has 1 atom stereocenters. The highest BCUT2D eigenvalue weighted by molar-refractivity contribution is 5.81. The van der Waals surface area contributed by atoms with Crippen molar-refractivity contribution >= 4 is 11.7 Å². The molecule has 1 N–H and O–H groups in total. The molecule has 0 spiro atoms. The number of benzene rings is 1. The Balaban J connectivity index is 1.61. The SMILES string of the molecule is CN(CC(=O)N[C@H]1CCc2cc(F)ccc21)c1ccc(C#N)cn1. The smallest absolute Gasteiger partial charge is 0.240 e. The van der Waals surface area contributed by atoms with Crippen molar-refractivity contribution in [2.75, 3.05) is 18.5 Å². The molecule has 0 unspecified atom stereocenters. The minimum Gasteiger partial charge on any atom is -0.350 e. The molecule has 1 amide bonds. The van der Waals surface area contributed by atoms with E-state index in [9.17, 15) is 9.18 Å². The Morgan fingerprint density at radius 1 is 1.46 bits per heavy atom. The van der Waals surface area contributed by atoms with Gasteiger partial charge in [-0.3, -0.25) is 4.79 Å². The number of nitrogens with zero attached hydrogens (tertiary/aromatic N) is 3. The predicted octanol–water partition coefficient (Wildman–Crippen LogP) is 2.33. The summed E-state index contributed by atoms with van der Waals surface area (Å²) in [6.07, 6.45) is 3.03. The van der Waals surface area contributed by atoms with Crippen LogP contribution in [0, 0.1) is 17.1 Å². The van der Waals surface area contributed by atoms with E-state index in [0.717, 1.165) is 24.0 Å². The van der Waals surface area contributed by atoms with Crippen molar-refractivity contribution in [1.29, 1.82) is 5.26 Å². The van der Waals surface area contributed by atoms with Crippen molar-refractivity contribution in [2.45, 2.75) is 18.9 Å². The quantitative estimate of drug-likeness (QED) is 0.937. The summed E-state index contributed by atoms with van der Waals surface area (Å²) in [6.45, 7) is 0.159. The van der Waals surface area contributed by atoms with E-state index < -0.39 is 0 Å². The van der Waals surface area contributed by atoms with Gasteiger partial charge in [0.1, 0.15) is 17.7 Å². The second-order valence-corrected chi connectivity index (χ2v) is 5.87. The molecule has 0 saturated carbocycles. The van der Waals surface area contributed by atoms with Crippen LogP contribution in [0.25, 0.3) is 0 Å². The molecule has 1 heterocycles. The van der Waals surface area contributed by atoms with Gasteiger partial charge in [-0.05, 0) is 48.2 Å². The number of carbonyl (C=O) groups is 1. The van der Waals surface area contributed by atoms with Crippen LogP contribution in [0.5, 0.6) is 0 Å². The summed E-state index contributed by atoms with van der Waals surface area (Å²) in [4.78, 5) is 18.2. The Bertz CT molecular complexity index is 798. The second kappa shape index (κ2) is 6.67. The molecule has 0 bridgehead atoms. The first-order valence-corrected chi connectivity index (χ1v) is 7.72. The number of rotatable bonds is 4. The topological polar surface area (TPSA) is 69.0 Å². The van der Waals surface area contributed by atoms with Crippen LogP contribution in [0.4, 0.5) is 10.2 Å². The van der Waals surface area contributed by atoms with E-state index in [4.69, 9.17) is 5.26 Å². The van der Waals surface area contributed by atoms with Crippen molar-refractivity contribution in [3.05, 3.63) is 59.0 Å². The number of amides is 1. The van der Waals surface area contributed by atoms with Crippen LogP contribution in [-0.4, -0.2) is 24.5 Å². The number of hydrogen-bond donors (Lipinski definition) is 1. The standard InChI is InChI=1S/C18H17FN4O/c1-23(17-7-2-12(9-20)10-21-17)11-18(24)22-16-6-3-13-8-14(19)4-5-15(13)16/h2,4-5,7-8,10,16H,3,6,11H2,1H3,(H,22,24)/t16-/m0/s1. The van der Waals surface area contributed by atoms with Gasteiger partial charge >= 0.3 is 0 Å². The molecule has 1 aromatic carbocycles. The van der Waals surface area contributed by atoms with Crippen LogP contribution in [0.2, 0.25) is 0 Å². The Kier molecular flexibility index (Phi) is 4.43. The molecule has 5 nitrogen and oxygen atoms in total. The summed E-state index contributed by atoms with van der Waals surface area (Å²) in [5.41, 5.74) is 2.43. The number of nitriles is 1. The maximum absolute atomic E-state index is 13.2. The molecule has 0 radical (unpaired) electrons. The maximum Gasteiger partial charge on any atom is 0.240 e. The fourth-order valence-corrected chi connectivity index (χ4v) is 2.95. The largest absolute Gasteiger partial charge is 0.350 e. The third-order valence-corrected chi connectivity index (χ3v) is 4.17. The lowest BCUT2D eigenvalue weighted by molar-refractivity contribution is -0.120. The van der Waals surface area contributed by atoms with Gasteiger partial charge in [0, 0.05) is 13.2 Å². The molecule has 1 aliphatic carbocycles. The van der Waals surface area contributed by atoms with Crippen LogP contribution in [0.1, 0.15) is 29.2 Å². The maximum atomic E-state index is 13.2. The first-order valence-electron chi connectivity index (χ1n) is 7.72. The summed E-state index contributed by atoms with van der Waals surface area (Å²) < 4.78 is 13.2. The zero-order valence-electron chi connectivity index (χ0n) is 13.3. The number of carbonyl (C=O) groups excluding carboxylic acids is 1. The van der Waals surface area contributed by atoms with Crippen LogP contribution < -0.4 is 10.2 Å². The minimum atomic E-state index is -0.243. The van der Waals surface area contributed by atoms with E-state index in [1.165, 1.54) is 18.3 Å². The average molecular weight is 324 g/mol. The van der Waals surface area contributed by atoms with Gasteiger partial charge < -0.3 is 10.2 Å². The first kappa shape index (κ1) is 15.9. The third-order valence-electron chi connectivity index (χ3n) is 4.17. The van der Waals surface area contributed by atoms with Crippen LogP contribution in [0.3, 0.4) is 0 Å². The zero-order valence-corrected chi connectivity index (χ0v) is 13.3. The second-order valence-electron chi connectivity index (χ2n) is 5.87. The third kappa shape index (κ3) is 3.35. The van der Waals surface area contributed by atoms with Gasteiger partial charge in [0.05, 0.1) is 18.2 Å². The van der Waals surface area contributed by atoms with Gasteiger partial charge in [0.2, 0.25) is 5.91 Å². The van der Waals surface area contributed by atoms with Gasteiger partial charge in [0.15, 0.2) is 0 Å². The number of nitrogens with one attached hydrogen (secondary N) is 1. The summed E-state index contributed by atoms with van der Waals surface area (Å²) in [7, 11) is 1.77. The fraction of sp³-hybridized carbons (Fsp3) is 0.278. The van der Waals surface area contributed by atoms with Gasteiger partial charge in [0.25, 0.3) is 0 Å². The highest BCUT2D eigenvalue weighted by Crippen LogP contribution is 2.31. The molecule has 0 fully saturated rings. The summed E-state index contributed by atoms with van der Waals surface area (Å²) in [5.74, 6) is 0.260. The van der Waals surface area contributed by atoms with E-state index >= 15 is 0 Å². The monoisotopic (exact) mass is 324 g/mol. The van der Waals surface area contributed by atoms with E-state index in [2.05, 4.69) is 10.3 Å². The number of hydrogen-bond acceptors (Lipinski definition) is 4. The molecule has 1 aromatic heterocycles. The van der Waals surface area contributed by atoms with E-state index in [1.807, 2.05) is 6.07 Å². The van der Waals surface area contributed by atoms with Gasteiger partial charge in [-0.2, -0.15) is 5.26 Å². The van der Waals surface area contributed by atoms with Crippen molar-refractivity contribution in [3.63, 3.8) is 0 Å². The van der Waals surface area contributed by atoms with Gasteiger partial charge in [-0.25, -0.2) is 9.37 Å². The predicted molar refractivity (Wildman–Crippen MR) is 87.8 cm³/mol. The number of aromatic nitrogens is 1. The van der Waals surface area contributed by atoms with Crippen LogP contribution in [0.15, 0.2) is 36.5 Å². The molecule has 0 saturated heterocycles. The molecule has 0 aliphatic heterocycles. The molecule has 2 aromatic rings. The lowest BCUT2D eigenvalue weighted by atomic mass is 10.1. The fourth-order valence-electron chi connectivity index (χ4n) is 2.95. The number of anilines is 1. The van der Waals surface area contributed by atoms with Crippen LogP contribution >= 0.6 is 0 Å². The molecule has 122 valence electrons. The van der Waals surface area contributed by atoms with E-state index in [0.29, 0.717) is 11.4 Å².